The van der Waals surface area contributed by atoms with E-state index >= 15 is 8.78 Å². The number of carbonyl (C=O) groups excluding carboxylic acids is 2. The van der Waals surface area contributed by atoms with Gasteiger partial charge < -0.3 is 15.6 Å². The first-order valence-corrected chi connectivity index (χ1v) is 16.1. The van der Waals surface area contributed by atoms with Crippen LogP contribution in [0.15, 0.2) is 48.9 Å². The molecule has 4 aromatic heterocycles. The van der Waals surface area contributed by atoms with Gasteiger partial charge in [0.25, 0.3) is 5.91 Å². The first-order chi connectivity index (χ1) is 23.6. The van der Waals surface area contributed by atoms with E-state index in [1.54, 1.807) is 13.0 Å². The van der Waals surface area contributed by atoms with Crippen molar-refractivity contribution < 1.29 is 32.6 Å². The molecule has 3 N–H and O–H groups in total. The third-order valence-electron chi connectivity index (χ3n) is 8.68. The summed E-state index contributed by atoms with van der Waals surface area (Å²) in [6, 6.07) is 6.57. The van der Waals surface area contributed by atoms with Crippen LogP contribution >= 0.6 is 11.6 Å². The van der Waals surface area contributed by atoms with E-state index in [9.17, 15) is 19.1 Å². The van der Waals surface area contributed by atoms with Crippen molar-refractivity contribution in [2.75, 3.05) is 4.90 Å². The molecule has 1 atom stereocenters. The largest absolute Gasteiger partial charge is 0.482 e. The van der Waals surface area contributed by atoms with E-state index in [1.807, 2.05) is 0 Å². The fourth-order valence-corrected chi connectivity index (χ4v) is 6.21. The Bertz CT molecular complexity index is 2170. The molecule has 258 valence electrons. The van der Waals surface area contributed by atoms with Crippen LogP contribution in [0.2, 0.25) is 5.02 Å². The zero-order valence-corrected chi connectivity index (χ0v) is 27.7. The van der Waals surface area contributed by atoms with Crippen LogP contribution in [-0.2, 0) is 23.4 Å². The summed E-state index contributed by atoms with van der Waals surface area (Å²) in [6.07, 6.45) is 1.36. The molecular formula is C34H30ClF3N8O4. The highest BCUT2D eigenvalue weighted by Crippen LogP contribution is 2.46. The Hall–Kier alpha value is -5.15. The van der Waals surface area contributed by atoms with E-state index in [-0.39, 0.29) is 63.1 Å². The number of hydrogen-bond donors (Lipinski definition) is 2. The second kappa shape index (κ2) is 12.0. The highest BCUT2D eigenvalue weighted by molar-refractivity contribution is 6.30. The summed E-state index contributed by atoms with van der Waals surface area (Å²) < 4.78 is 50.5. The molecule has 0 bridgehead atoms. The van der Waals surface area contributed by atoms with Crippen LogP contribution in [0.4, 0.5) is 18.9 Å². The van der Waals surface area contributed by atoms with E-state index < -0.39 is 35.4 Å². The van der Waals surface area contributed by atoms with Gasteiger partial charge in [-0.2, -0.15) is 13.9 Å². The lowest BCUT2D eigenvalue weighted by Crippen LogP contribution is -2.50. The summed E-state index contributed by atoms with van der Waals surface area (Å²) >= 11 is 5.94. The number of aliphatic hydroxyl groups is 1. The third-order valence-corrected chi connectivity index (χ3v) is 8.90. The number of ether oxygens (including phenoxy) is 1. The van der Waals surface area contributed by atoms with Crippen molar-refractivity contribution in [2.24, 2.45) is 11.7 Å². The lowest BCUT2D eigenvalue weighted by molar-refractivity contribution is -0.193. The van der Waals surface area contributed by atoms with Crippen molar-refractivity contribution in [2.45, 2.75) is 64.3 Å². The molecule has 0 spiro atoms. The number of primary amides is 1. The SMILES string of the molecule is C[C@H](c1ncc(F)cn1)n1nc(C(C)(C)O)c2c(-c3ccc4c(c3)OC(F)(F)C(=O)N4Cc3ccc(Cl)cn3)c(C(N)=O)c(CC3CC3)nc21. The lowest BCUT2D eigenvalue weighted by Gasteiger charge is -2.33. The van der Waals surface area contributed by atoms with E-state index in [0.29, 0.717) is 22.8 Å². The van der Waals surface area contributed by atoms with Gasteiger partial charge in [0.05, 0.1) is 52.0 Å². The van der Waals surface area contributed by atoms with Crippen molar-refractivity contribution in [3.8, 4) is 16.9 Å². The minimum absolute atomic E-state index is 0.0287. The number of nitrogens with two attached hydrogens (primary N) is 1. The second-order valence-corrected chi connectivity index (χ2v) is 13.4. The molecule has 5 heterocycles. The van der Waals surface area contributed by atoms with E-state index in [0.717, 1.165) is 30.1 Å². The lowest BCUT2D eigenvalue weighted by atomic mass is 9.89. The zero-order chi connectivity index (χ0) is 35.7. The number of anilines is 1. The standard InChI is InChI=1S/C34H30ClF3N8O4/c1-16(30-41-13-20(36)14-42-30)46-31-27(28(44-46)33(2,3)49)25(26(29(39)47)22(43-31)10-17-4-5-17)18-6-9-23-24(11-18)50-34(37,38)32(48)45(23)15-21-8-7-19(35)12-40-21/h6-9,11-14,16-17,49H,4-5,10,15H2,1-3H3,(H2,39,47)/t16-/m1/s1. The van der Waals surface area contributed by atoms with Crippen molar-refractivity contribution in [1.29, 1.82) is 0 Å². The number of amides is 2. The van der Waals surface area contributed by atoms with Gasteiger partial charge in [-0.1, -0.05) is 17.7 Å². The first-order valence-electron chi connectivity index (χ1n) is 15.7. The predicted octanol–water partition coefficient (Wildman–Crippen LogP) is 5.48. The van der Waals surface area contributed by atoms with Crippen LogP contribution in [-0.4, -0.2) is 52.7 Å². The molecule has 1 aromatic carbocycles. The van der Waals surface area contributed by atoms with E-state index in [1.165, 1.54) is 49.0 Å². The van der Waals surface area contributed by atoms with Gasteiger partial charge in [0.15, 0.2) is 23.0 Å². The van der Waals surface area contributed by atoms with Crippen LogP contribution < -0.4 is 15.4 Å². The minimum Gasteiger partial charge on any atom is -0.423 e. The Morgan fingerprint density at radius 2 is 1.88 bits per heavy atom. The zero-order valence-electron chi connectivity index (χ0n) is 27.0. The highest BCUT2D eigenvalue weighted by atomic mass is 35.5. The van der Waals surface area contributed by atoms with Crippen molar-refractivity contribution in [3.05, 3.63) is 88.2 Å². The number of rotatable bonds is 9. The number of halogens is 4. The molecule has 1 aliphatic heterocycles. The monoisotopic (exact) mass is 706 g/mol. The summed E-state index contributed by atoms with van der Waals surface area (Å²) in [5, 5.41) is 16.7. The molecule has 16 heteroatoms. The average Bonchev–Trinajstić information content (AvgIpc) is 3.79. The van der Waals surface area contributed by atoms with Crippen LogP contribution in [0, 0.1) is 11.7 Å². The van der Waals surface area contributed by atoms with Gasteiger partial charge in [-0.15, -0.1) is 0 Å². The molecule has 0 unspecified atom stereocenters. The molecule has 1 saturated carbocycles. The fourth-order valence-electron chi connectivity index (χ4n) is 6.10. The molecule has 0 radical (unpaired) electrons. The molecule has 5 aromatic rings. The van der Waals surface area contributed by atoms with E-state index in [4.69, 9.17) is 32.2 Å². The number of hydrogen-bond acceptors (Lipinski definition) is 9. The van der Waals surface area contributed by atoms with Crippen LogP contribution in [0.25, 0.3) is 22.2 Å². The number of carbonyl (C=O) groups is 2. The van der Waals surface area contributed by atoms with Gasteiger partial charge in [0.1, 0.15) is 17.3 Å². The number of pyridine rings is 2. The first kappa shape index (κ1) is 33.4. The topological polar surface area (TPSA) is 162 Å². The number of fused-ring (bicyclic) bond motifs is 2. The molecule has 1 aliphatic carbocycles. The maximum atomic E-state index is 15.2. The molecule has 12 nitrogen and oxygen atoms in total. The van der Waals surface area contributed by atoms with Crippen molar-refractivity contribution in [1.82, 2.24) is 29.7 Å². The highest BCUT2D eigenvalue weighted by Gasteiger charge is 2.51. The maximum absolute atomic E-state index is 15.2. The van der Waals surface area contributed by atoms with Gasteiger partial charge in [-0.05, 0) is 75.8 Å². The summed E-state index contributed by atoms with van der Waals surface area (Å²) in [6.45, 7) is 4.40. The molecule has 2 aliphatic rings. The maximum Gasteiger partial charge on any atom is 0.482 e. The van der Waals surface area contributed by atoms with Crippen LogP contribution in [0.1, 0.15) is 72.9 Å². The molecule has 2 amide bonds. The Morgan fingerprint density at radius 3 is 2.50 bits per heavy atom. The number of aromatic nitrogens is 6. The Kier molecular flexibility index (Phi) is 8.02. The summed E-state index contributed by atoms with van der Waals surface area (Å²) in [4.78, 5) is 44.4. The average molecular weight is 707 g/mol. The van der Waals surface area contributed by atoms with Gasteiger partial charge >= 0.3 is 12.0 Å². The number of benzene rings is 1. The third kappa shape index (κ3) is 6.00. The molecule has 7 rings (SSSR count). The number of alkyl halides is 2. The molecule has 1 fully saturated rings. The number of nitrogens with zero attached hydrogens (tertiary/aromatic N) is 7. The van der Waals surface area contributed by atoms with Crippen molar-refractivity contribution >= 4 is 40.1 Å². The second-order valence-electron chi connectivity index (χ2n) is 13.0. The summed E-state index contributed by atoms with van der Waals surface area (Å²) in [5.74, 6) is -2.96. The normalized spacial score (nSPS) is 16.3. The van der Waals surface area contributed by atoms with Crippen LogP contribution in [0.5, 0.6) is 5.75 Å². The minimum atomic E-state index is -4.23. The molecule has 50 heavy (non-hydrogen) atoms. The summed E-state index contributed by atoms with van der Waals surface area (Å²) in [7, 11) is 0. The molecule has 0 saturated heterocycles. The predicted molar refractivity (Wildman–Crippen MR) is 175 cm³/mol. The smallest absolute Gasteiger partial charge is 0.423 e. The van der Waals surface area contributed by atoms with Gasteiger partial charge in [0, 0.05) is 11.8 Å². The Balaban J connectivity index is 1.48. The Morgan fingerprint density at radius 1 is 1.16 bits per heavy atom. The van der Waals surface area contributed by atoms with Gasteiger partial charge in [-0.25, -0.2) is 24.0 Å². The Labute approximate surface area is 288 Å². The van der Waals surface area contributed by atoms with Crippen LogP contribution in [0.3, 0.4) is 0 Å². The van der Waals surface area contributed by atoms with Crippen molar-refractivity contribution in [3.63, 3.8) is 0 Å². The van der Waals surface area contributed by atoms with Gasteiger partial charge in [-0.3, -0.25) is 19.5 Å². The quantitative estimate of drug-likeness (QED) is 0.202. The fraction of sp³-hybridized carbons (Fsp3) is 0.324. The van der Waals surface area contributed by atoms with E-state index in [2.05, 4.69) is 15.0 Å². The van der Waals surface area contributed by atoms with Gasteiger partial charge in [0.2, 0.25) is 0 Å². The summed E-state index contributed by atoms with van der Waals surface area (Å²) in [5.41, 5.74) is 5.86. The molecular weight excluding hydrogens is 677 g/mol.